The highest BCUT2D eigenvalue weighted by Gasteiger charge is 2.20. The third-order valence-corrected chi connectivity index (χ3v) is 5.56. The first-order valence-corrected chi connectivity index (χ1v) is 10.6. The average molecular weight is 401 g/mol. The van der Waals surface area contributed by atoms with Crippen molar-refractivity contribution in [1.82, 2.24) is 4.98 Å². The number of Topliss-reactive ketones (excluding diaryl/α,β-unsaturated/α-hetero) is 1. The van der Waals surface area contributed by atoms with Crippen LogP contribution in [-0.2, 0) is 0 Å². The third-order valence-electron chi connectivity index (χ3n) is 5.56. The van der Waals surface area contributed by atoms with E-state index in [0.717, 1.165) is 58.1 Å². The van der Waals surface area contributed by atoms with Crippen LogP contribution in [0.3, 0.4) is 0 Å². The van der Waals surface area contributed by atoms with Gasteiger partial charge in [0, 0.05) is 31.2 Å². The standard InChI is InChI=1S/C27H32N2O/c1-8-9-10-19(4)22-11-12-23-26(25(22)21-14-17(2)13-18(3)15-21)28-16-24(20(5)30)27(23)29(6)7/h11-16H,4,8-10H2,1-3,5-7H3. The highest BCUT2D eigenvalue weighted by atomic mass is 16.1. The number of ketones is 1. The van der Waals surface area contributed by atoms with Crippen molar-refractivity contribution in [2.24, 2.45) is 0 Å². The number of unbranched alkanes of at least 4 members (excludes halogenated alkanes) is 1. The molecule has 0 spiro atoms. The highest BCUT2D eigenvalue weighted by molar-refractivity contribution is 6.11. The van der Waals surface area contributed by atoms with Crippen LogP contribution in [0, 0.1) is 13.8 Å². The largest absolute Gasteiger partial charge is 0.376 e. The van der Waals surface area contributed by atoms with Crippen molar-refractivity contribution in [2.75, 3.05) is 19.0 Å². The number of hydrogen-bond donors (Lipinski definition) is 0. The summed E-state index contributed by atoms with van der Waals surface area (Å²) >= 11 is 0. The molecule has 0 aliphatic carbocycles. The molecule has 0 N–H and O–H groups in total. The van der Waals surface area contributed by atoms with Crippen molar-refractivity contribution in [1.29, 1.82) is 0 Å². The van der Waals surface area contributed by atoms with Gasteiger partial charge in [0.2, 0.25) is 0 Å². The molecule has 0 aliphatic heterocycles. The first-order valence-electron chi connectivity index (χ1n) is 10.6. The number of carbonyl (C=O) groups is 1. The van der Waals surface area contributed by atoms with E-state index < -0.39 is 0 Å². The third kappa shape index (κ3) is 4.16. The lowest BCUT2D eigenvalue weighted by atomic mass is 9.88. The number of aryl methyl sites for hydroxylation is 2. The molecule has 0 atom stereocenters. The predicted octanol–water partition coefficient (Wildman–Crippen LogP) is 6.99. The zero-order valence-corrected chi connectivity index (χ0v) is 19.1. The number of pyridine rings is 1. The number of fused-ring (bicyclic) bond motifs is 1. The van der Waals surface area contributed by atoms with Crippen LogP contribution in [0.5, 0.6) is 0 Å². The fraction of sp³-hybridized carbons (Fsp3) is 0.333. The summed E-state index contributed by atoms with van der Waals surface area (Å²) in [5, 5.41) is 0.994. The number of hydrogen-bond acceptors (Lipinski definition) is 3. The molecule has 0 saturated carbocycles. The number of nitrogens with zero attached hydrogens (tertiary/aromatic N) is 2. The molecule has 30 heavy (non-hydrogen) atoms. The van der Waals surface area contributed by atoms with Gasteiger partial charge in [-0.1, -0.05) is 61.4 Å². The molecule has 3 heteroatoms. The predicted molar refractivity (Wildman–Crippen MR) is 130 cm³/mol. The summed E-state index contributed by atoms with van der Waals surface area (Å²) in [4.78, 5) is 19.1. The molecule has 0 fully saturated rings. The van der Waals surface area contributed by atoms with E-state index in [9.17, 15) is 4.79 Å². The van der Waals surface area contributed by atoms with E-state index in [1.54, 1.807) is 13.1 Å². The molecular weight excluding hydrogens is 368 g/mol. The Morgan fingerprint density at radius 1 is 1.07 bits per heavy atom. The summed E-state index contributed by atoms with van der Waals surface area (Å²) in [7, 11) is 3.96. The van der Waals surface area contributed by atoms with Gasteiger partial charge in [-0.3, -0.25) is 9.78 Å². The molecule has 0 saturated heterocycles. The van der Waals surface area contributed by atoms with Crippen molar-refractivity contribution in [2.45, 2.75) is 47.0 Å². The van der Waals surface area contributed by atoms with E-state index >= 15 is 0 Å². The highest BCUT2D eigenvalue weighted by Crippen LogP contribution is 2.40. The molecule has 0 bridgehead atoms. The molecule has 0 amide bonds. The smallest absolute Gasteiger partial charge is 0.163 e. The van der Waals surface area contributed by atoms with Crippen LogP contribution in [0.2, 0.25) is 0 Å². The first-order chi connectivity index (χ1) is 14.2. The van der Waals surface area contributed by atoms with Gasteiger partial charge in [-0.25, -0.2) is 0 Å². The summed E-state index contributed by atoms with van der Waals surface area (Å²) in [5.74, 6) is 0.0254. The molecule has 2 aromatic carbocycles. The van der Waals surface area contributed by atoms with Gasteiger partial charge in [0.15, 0.2) is 5.78 Å². The summed E-state index contributed by atoms with van der Waals surface area (Å²) in [6.45, 7) is 12.5. The molecule has 0 radical (unpaired) electrons. The van der Waals surface area contributed by atoms with Gasteiger partial charge in [-0.05, 0) is 50.3 Å². The number of anilines is 1. The quantitative estimate of drug-likeness (QED) is 0.401. The Bertz CT molecular complexity index is 1110. The summed E-state index contributed by atoms with van der Waals surface area (Å²) < 4.78 is 0. The van der Waals surface area contributed by atoms with Crippen molar-refractivity contribution in [3.63, 3.8) is 0 Å². The van der Waals surface area contributed by atoms with Gasteiger partial charge < -0.3 is 4.90 Å². The maximum Gasteiger partial charge on any atom is 0.163 e. The van der Waals surface area contributed by atoms with E-state index in [1.165, 1.54) is 11.1 Å². The fourth-order valence-corrected chi connectivity index (χ4v) is 4.22. The molecule has 3 rings (SSSR count). The van der Waals surface area contributed by atoms with E-state index in [-0.39, 0.29) is 5.78 Å². The van der Waals surface area contributed by atoms with E-state index in [2.05, 4.69) is 57.7 Å². The Morgan fingerprint density at radius 3 is 2.30 bits per heavy atom. The van der Waals surface area contributed by atoms with E-state index in [4.69, 9.17) is 4.98 Å². The van der Waals surface area contributed by atoms with Crippen molar-refractivity contribution in [3.05, 3.63) is 65.4 Å². The second kappa shape index (κ2) is 8.83. The lowest BCUT2D eigenvalue weighted by Crippen LogP contribution is -2.14. The van der Waals surface area contributed by atoms with Crippen LogP contribution in [0.25, 0.3) is 27.6 Å². The minimum atomic E-state index is 0.0254. The van der Waals surface area contributed by atoms with Crippen LogP contribution >= 0.6 is 0 Å². The SMILES string of the molecule is C=C(CCCC)c1ccc2c(N(C)C)c(C(C)=O)cnc2c1-c1cc(C)cc(C)c1. The zero-order chi connectivity index (χ0) is 22.0. The maximum absolute atomic E-state index is 12.3. The first kappa shape index (κ1) is 21.8. The van der Waals surface area contributed by atoms with Gasteiger partial charge in [0.1, 0.15) is 0 Å². The van der Waals surface area contributed by atoms with Crippen LogP contribution in [0.1, 0.15) is 60.2 Å². The van der Waals surface area contributed by atoms with Gasteiger partial charge in [0.25, 0.3) is 0 Å². The monoisotopic (exact) mass is 400 g/mol. The number of carbonyl (C=O) groups excluding carboxylic acids is 1. The summed E-state index contributed by atoms with van der Waals surface area (Å²) in [6.07, 6.45) is 4.94. The maximum atomic E-state index is 12.3. The zero-order valence-electron chi connectivity index (χ0n) is 19.1. The number of allylic oxidation sites excluding steroid dienone is 1. The topological polar surface area (TPSA) is 33.2 Å². The second-order valence-corrected chi connectivity index (χ2v) is 8.44. The Kier molecular flexibility index (Phi) is 6.40. The Morgan fingerprint density at radius 2 is 1.73 bits per heavy atom. The molecule has 0 unspecified atom stereocenters. The van der Waals surface area contributed by atoms with Crippen LogP contribution in [0.15, 0.2) is 43.1 Å². The number of rotatable bonds is 7. The lowest BCUT2D eigenvalue weighted by Gasteiger charge is -2.22. The Balaban J connectivity index is 2.41. The summed E-state index contributed by atoms with van der Waals surface area (Å²) in [6, 6.07) is 10.9. The molecule has 0 aliphatic rings. The van der Waals surface area contributed by atoms with Gasteiger partial charge in [-0.15, -0.1) is 0 Å². The minimum absolute atomic E-state index is 0.0254. The van der Waals surface area contributed by atoms with Gasteiger partial charge in [-0.2, -0.15) is 0 Å². The lowest BCUT2D eigenvalue weighted by molar-refractivity contribution is 0.101. The molecule has 3 aromatic rings. The van der Waals surface area contributed by atoms with Crippen LogP contribution in [-0.4, -0.2) is 24.9 Å². The molecule has 1 aromatic heterocycles. The Labute approximate surface area is 180 Å². The second-order valence-electron chi connectivity index (χ2n) is 8.44. The summed E-state index contributed by atoms with van der Waals surface area (Å²) in [5.41, 5.74) is 9.48. The fourth-order valence-electron chi connectivity index (χ4n) is 4.22. The van der Waals surface area contributed by atoms with E-state index in [1.807, 2.05) is 19.0 Å². The van der Waals surface area contributed by atoms with Crippen molar-refractivity contribution >= 4 is 27.9 Å². The Hall–Kier alpha value is -2.94. The normalized spacial score (nSPS) is 11.0. The molecule has 156 valence electrons. The van der Waals surface area contributed by atoms with E-state index in [0.29, 0.717) is 5.56 Å². The number of aromatic nitrogens is 1. The average Bonchev–Trinajstić information content (AvgIpc) is 2.69. The van der Waals surface area contributed by atoms with Crippen molar-refractivity contribution in [3.8, 4) is 11.1 Å². The minimum Gasteiger partial charge on any atom is -0.376 e. The number of benzene rings is 2. The van der Waals surface area contributed by atoms with Crippen molar-refractivity contribution < 1.29 is 4.79 Å². The van der Waals surface area contributed by atoms with Gasteiger partial charge >= 0.3 is 0 Å². The molecule has 3 nitrogen and oxygen atoms in total. The molecule has 1 heterocycles. The van der Waals surface area contributed by atoms with Crippen LogP contribution in [0.4, 0.5) is 5.69 Å². The van der Waals surface area contributed by atoms with Crippen LogP contribution < -0.4 is 4.90 Å². The molecular formula is C27H32N2O. The van der Waals surface area contributed by atoms with Gasteiger partial charge in [0.05, 0.1) is 16.8 Å².